The summed E-state index contributed by atoms with van der Waals surface area (Å²) in [5.74, 6) is 1.87. The summed E-state index contributed by atoms with van der Waals surface area (Å²) in [7, 11) is 1.71. The zero-order valence-electron chi connectivity index (χ0n) is 12.9. The van der Waals surface area contributed by atoms with E-state index < -0.39 is 0 Å². The molecule has 2 aromatic carbocycles. The Morgan fingerprint density at radius 3 is 2.43 bits per heavy atom. The van der Waals surface area contributed by atoms with Gasteiger partial charge in [0.05, 0.1) is 7.11 Å². The van der Waals surface area contributed by atoms with Gasteiger partial charge in [0.1, 0.15) is 5.75 Å². The summed E-state index contributed by atoms with van der Waals surface area (Å²) >= 11 is 1.87. The van der Waals surface area contributed by atoms with Crippen LogP contribution in [0.3, 0.4) is 0 Å². The molecule has 0 bridgehead atoms. The third-order valence-corrected chi connectivity index (χ3v) is 5.12. The van der Waals surface area contributed by atoms with Crippen LogP contribution >= 0.6 is 11.8 Å². The summed E-state index contributed by atoms with van der Waals surface area (Å²) in [5.41, 5.74) is 10.1. The number of para-hydroxylation sites is 1. The number of aryl methyl sites for hydroxylation is 1. The lowest BCUT2D eigenvalue weighted by Gasteiger charge is -2.23. The molecular weight excluding hydrogens is 278 g/mol. The Morgan fingerprint density at radius 2 is 1.76 bits per heavy atom. The molecule has 0 spiro atoms. The fourth-order valence-corrected chi connectivity index (χ4v) is 3.74. The Bertz CT molecular complexity index is 583. The number of rotatable bonds is 6. The molecule has 2 unspecified atom stereocenters. The van der Waals surface area contributed by atoms with Crippen LogP contribution in [0.1, 0.15) is 28.9 Å². The van der Waals surface area contributed by atoms with Gasteiger partial charge in [0.25, 0.3) is 0 Å². The number of hydrogen-bond donors (Lipinski definition) is 1. The number of thioether (sulfide) groups is 1. The molecule has 2 atom stereocenters. The molecule has 2 N–H and O–H groups in total. The van der Waals surface area contributed by atoms with Gasteiger partial charge < -0.3 is 10.5 Å². The summed E-state index contributed by atoms with van der Waals surface area (Å²) in [6.07, 6.45) is 0. The smallest absolute Gasteiger partial charge is 0.123 e. The highest BCUT2D eigenvalue weighted by atomic mass is 32.2. The first kappa shape index (κ1) is 15.9. The average molecular weight is 301 g/mol. The van der Waals surface area contributed by atoms with Gasteiger partial charge in [-0.2, -0.15) is 0 Å². The van der Waals surface area contributed by atoms with Gasteiger partial charge >= 0.3 is 0 Å². The van der Waals surface area contributed by atoms with Crippen molar-refractivity contribution in [1.29, 1.82) is 0 Å². The lowest BCUT2D eigenvalue weighted by molar-refractivity contribution is 0.408. The zero-order chi connectivity index (χ0) is 15.2. The monoisotopic (exact) mass is 301 g/mol. The van der Waals surface area contributed by atoms with Crippen molar-refractivity contribution < 1.29 is 4.74 Å². The lowest BCUT2D eigenvalue weighted by atomic mass is 10.1. The molecule has 2 rings (SSSR count). The molecule has 3 heteroatoms. The normalized spacial score (nSPS) is 13.7. The maximum Gasteiger partial charge on any atom is 0.123 e. The van der Waals surface area contributed by atoms with Gasteiger partial charge in [-0.1, -0.05) is 42.5 Å². The van der Waals surface area contributed by atoms with E-state index in [4.69, 9.17) is 10.5 Å². The van der Waals surface area contributed by atoms with Crippen molar-refractivity contribution >= 4 is 11.8 Å². The van der Waals surface area contributed by atoms with Crippen molar-refractivity contribution in [2.45, 2.75) is 30.9 Å². The summed E-state index contributed by atoms with van der Waals surface area (Å²) in [6.45, 7) is 4.21. The van der Waals surface area contributed by atoms with Crippen LogP contribution in [0.5, 0.6) is 5.75 Å². The minimum Gasteiger partial charge on any atom is -0.496 e. The van der Waals surface area contributed by atoms with E-state index in [1.165, 1.54) is 16.7 Å². The van der Waals surface area contributed by atoms with Gasteiger partial charge in [-0.3, -0.25) is 0 Å². The number of ether oxygens (including phenoxy) is 1. The predicted molar refractivity (Wildman–Crippen MR) is 91.9 cm³/mol. The van der Waals surface area contributed by atoms with Crippen LogP contribution in [0, 0.1) is 6.92 Å². The Morgan fingerprint density at radius 1 is 1.10 bits per heavy atom. The van der Waals surface area contributed by atoms with Crippen molar-refractivity contribution in [1.82, 2.24) is 0 Å². The second kappa shape index (κ2) is 7.53. The molecule has 0 radical (unpaired) electrons. The van der Waals surface area contributed by atoms with Crippen molar-refractivity contribution in [3.63, 3.8) is 0 Å². The molecular formula is C18H23NOS. The second-order valence-electron chi connectivity index (χ2n) is 5.26. The molecule has 2 aromatic rings. The second-order valence-corrected chi connectivity index (χ2v) is 6.39. The Balaban J connectivity index is 2.19. The average Bonchev–Trinajstić information content (AvgIpc) is 2.49. The van der Waals surface area contributed by atoms with Crippen LogP contribution < -0.4 is 10.5 Å². The summed E-state index contributed by atoms with van der Waals surface area (Å²) in [6, 6.07) is 16.7. The largest absolute Gasteiger partial charge is 0.496 e. The summed E-state index contributed by atoms with van der Waals surface area (Å²) < 4.78 is 5.48. The van der Waals surface area contributed by atoms with E-state index in [1.807, 2.05) is 30.0 Å². The number of nitrogens with two attached hydrogens (primary N) is 1. The number of hydrogen-bond acceptors (Lipinski definition) is 3. The van der Waals surface area contributed by atoms with Crippen molar-refractivity contribution in [2.24, 2.45) is 5.73 Å². The molecule has 2 nitrogen and oxygen atoms in total. The topological polar surface area (TPSA) is 35.2 Å². The minimum atomic E-state index is 0.0651. The van der Waals surface area contributed by atoms with Crippen LogP contribution in [0.2, 0.25) is 0 Å². The van der Waals surface area contributed by atoms with E-state index in [0.717, 1.165) is 11.5 Å². The molecule has 0 aliphatic rings. The molecule has 0 saturated heterocycles. The van der Waals surface area contributed by atoms with Crippen molar-refractivity contribution in [3.8, 4) is 5.75 Å². The maximum absolute atomic E-state index is 6.22. The van der Waals surface area contributed by atoms with Gasteiger partial charge in [0.15, 0.2) is 0 Å². The molecule has 0 amide bonds. The van der Waals surface area contributed by atoms with Gasteiger partial charge in [-0.05, 0) is 31.0 Å². The highest BCUT2D eigenvalue weighted by Crippen LogP contribution is 2.38. The third-order valence-electron chi connectivity index (χ3n) is 3.60. The highest BCUT2D eigenvalue weighted by Gasteiger charge is 2.20. The van der Waals surface area contributed by atoms with E-state index in [9.17, 15) is 0 Å². The van der Waals surface area contributed by atoms with E-state index in [-0.39, 0.29) is 11.3 Å². The van der Waals surface area contributed by atoms with E-state index in [1.54, 1.807) is 7.11 Å². The van der Waals surface area contributed by atoms with Crippen molar-refractivity contribution in [2.75, 3.05) is 7.11 Å². The zero-order valence-corrected chi connectivity index (χ0v) is 13.7. The molecule has 0 aromatic heterocycles. The van der Waals surface area contributed by atoms with Crippen LogP contribution in [0.4, 0.5) is 0 Å². The SMILES string of the molecule is COc1ccccc1C(SCc1ccccc1C)C(C)N. The molecule has 0 aliphatic carbocycles. The fraction of sp³-hybridized carbons (Fsp3) is 0.333. The highest BCUT2D eigenvalue weighted by molar-refractivity contribution is 7.98. The predicted octanol–water partition coefficient (Wildman–Crippen LogP) is 4.33. The van der Waals surface area contributed by atoms with E-state index >= 15 is 0 Å². The lowest BCUT2D eigenvalue weighted by Crippen LogP contribution is -2.23. The Labute approximate surface area is 131 Å². The number of benzene rings is 2. The fourth-order valence-electron chi connectivity index (χ4n) is 2.38. The van der Waals surface area contributed by atoms with E-state index in [2.05, 4.69) is 44.2 Å². The van der Waals surface area contributed by atoms with Gasteiger partial charge in [-0.15, -0.1) is 11.8 Å². The van der Waals surface area contributed by atoms with E-state index in [0.29, 0.717) is 0 Å². The summed E-state index contributed by atoms with van der Waals surface area (Å²) in [5, 5.41) is 0.223. The minimum absolute atomic E-state index is 0.0651. The van der Waals surface area contributed by atoms with Crippen LogP contribution in [-0.2, 0) is 5.75 Å². The first-order valence-electron chi connectivity index (χ1n) is 7.18. The van der Waals surface area contributed by atoms with Crippen LogP contribution in [-0.4, -0.2) is 13.2 Å². The first-order valence-corrected chi connectivity index (χ1v) is 8.23. The molecule has 0 heterocycles. The van der Waals surface area contributed by atoms with Crippen molar-refractivity contribution in [3.05, 3.63) is 65.2 Å². The summed E-state index contributed by atoms with van der Waals surface area (Å²) in [4.78, 5) is 0. The molecule has 112 valence electrons. The van der Waals surface area contributed by atoms with Gasteiger partial charge in [0, 0.05) is 22.6 Å². The van der Waals surface area contributed by atoms with Gasteiger partial charge in [0.2, 0.25) is 0 Å². The first-order chi connectivity index (χ1) is 10.1. The van der Waals surface area contributed by atoms with Gasteiger partial charge in [-0.25, -0.2) is 0 Å². The standard InChI is InChI=1S/C18H23NOS/c1-13-8-4-5-9-15(13)12-21-18(14(2)19)16-10-6-7-11-17(16)20-3/h4-11,14,18H,12,19H2,1-3H3. The Hall–Kier alpha value is -1.45. The number of methoxy groups -OCH3 is 1. The quantitative estimate of drug-likeness (QED) is 0.862. The third kappa shape index (κ3) is 4.02. The molecule has 0 saturated carbocycles. The molecule has 0 fully saturated rings. The maximum atomic E-state index is 6.22. The van der Waals surface area contributed by atoms with Crippen LogP contribution in [0.15, 0.2) is 48.5 Å². The Kier molecular flexibility index (Phi) is 5.71. The molecule has 21 heavy (non-hydrogen) atoms. The molecule has 0 aliphatic heterocycles. The van der Waals surface area contributed by atoms with Crippen LogP contribution in [0.25, 0.3) is 0 Å².